The zero-order valence-corrected chi connectivity index (χ0v) is 17.9. The molecule has 0 aliphatic heterocycles. The van der Waals surface area contributed by atoms with Gasteiger partial charge in [-0.1, -0.05) is 48.2 Å². The van der Waals surface area contributed by atoms with Gasteiger partial charge in [0.15, 0.2) is 5.65 Å². The summed E-state index contributed by atoms with van der Waals surface area (Å²) >= 11 is 1.36. The van der Waals surface area contributed by atoms with E-state index in [2.05, 4.69) is 38.4 Å². The van der Waals surface area contributed by atoms with E-state index < -0.39 is 0 Å². The van der Waals surface area contributed by atoms with Gasteiger partial charge in [-0.25, -0.2) is 4.98 Å². The molecule has 154 valence electrons. The molecule has 1 aliphatic carbocycles. The first-order valence-electron chi connectivity index (χ1n) is 10.6. The Morgan fingerprint density at radius 1 is 1.03 bits per heavy atom. The molecular weight excluding hydrogens is 406 g/mol. The SMILES string of the molecule is CC(Sc1nnc2c(n1)[nH]c1ccccc12)C(=O)n1c2c(c3ccccc31)CCCC2. The predicted octanol–water partition coefficient (Wildman–Crippen LogP) is 5.16. The molecule has 2 aromatic carbocycles. The highest BCUT2D eigenvalue weighted by Gasteiger charge is 2.27. The Morgan fingerprint density at radius 3 is 2.71 bits per heavy atom. The minimum absolute atomic E-state index is 0.0738. The van der Waals surface area contributed by atoms with Crippen molar-refractivity contribution < 1.29 is 4.79 Å². The van der Waals surface area contributed by atoms with Crippen LogP contribution in [-0.4, -0.2) is 35.9 Å². The summed E-state index contributed by atoms with van der Waals surface area (Å²) in [5.74, 6) is 0.0738. The number of aromatic amines is 1. The third-order valence-corrected chi connectivity index (χ3v) is 7.07. The number of thioether (sulfide) groups is 1. The van der Waals surface area contributed by atoms with Crippen LogP contribution in [0.4, 0.5) is 0 Å². The van der Waals surface area contributed by atoms with Gasteiger partial charge in [-0.15, -0.1) is 10.2 Å². The van der Waals surface area contributed by atoms with Crippen LogP contribution in [-0.2, 0) is 12.8 Å². The van der Waals surface area contributed by atoms with E-state index >= 15 is 0 Å². The number of nitrogens with one attached hydrogen (secondary N) is 1. The Balaban J connectivity index is 1.36. The van der Waals surface area contributed by atoms with Crippen molar-refractivity contribution >= 4 is 50.6 Å². The zero-order chi connectivity index (χ0) is 20.9. The number of carbonyl (C=O) groups excluding carboxylic acids is 1. The van der Waals surface area contributed by atoms with E-state index in [1.807, 2.05) is 41.8 Å². The fraction of sp³-hybridized carbons (Fsp3) is 0.250. The highest BCUT2D eigenvalue weighted by molar-refractivity contribution is 8.00. The van der Waals surface area contributed by atoms with Crippen LogP contribution >= 0.6 is 11.8 Å². The fourth-order valence-corrected chi connectivity index (χ4v) is 5.45. The molecule has 1 N–H and O–H groups in total. The summed E-state index contributed by atoms with van der Waals surface area (Å²) in [7, 11) is 0. The van der Waals surface area contributed by atoms with Crippen LogP contribution in [0.2, 0.25) is 0 Å². The molecule has 31 heavy (non-hydrogen) atoms. The molecule has 0 saturated heterocycles. The van der Waals surface area contributed by atoms with Crippen LogP contribution in [0, 0.1) is 0 Å². The topological polar surface area (TPSA) is 76.5 Å². The third-order valence-electron chi connectivity index (χ3n) is 6.13. The van der Waals surface area contributed by atoms with E-state index in [1.165, 1.54) is 34.8 Å². The normalized spacial score (nSPS) is 14.9. The van der Waals surface area contributed by atoms with Crippen LogP contribution in [0.3, 0.4) is 0 Å². The number of hydrogen-bond donors (Lipinski definition) is 1. The van der Waals surface area contributed by atoms with Gasteiger partial charge in [-0.05, 0) is 50.3 Å². The lowest BCUT2D eigenvalue weighted by molar-refractivity contribution is 0.0917. The summed E-state index contributed by atoms with van der Waals surface area (Å²) in [4.78, 5) is 21.5. The molecule has 0 bridgehead atoms. The Morgan fingerprint density at radius 2 is 1.81 bits per heavy atom. The predicted molar refractivity (Wildman–Crippen MR) is 124 cm³/mol. The number of para-hydroxylation sites is 2. The Labute approximate surface area is 183 Å². The molecule has 0 amide bonds. The van der Waals surface area contributed by atoms with Crippen LogP contribution in [0.25, 0.3) is 33.0 Å². The monoisotopic (exact) mass is 427 g/mol. The lowest BCUT2D eigenvalue weighted by Gasteiger charge is -2.17. The molecule has 1 unspecified atom stereocenters. The standard InChI is InChI=1S/C24H21N5OS/c1-14(31-24-26-22-21(27-28-24)17-10-2-5-11-18(17)25-22)23(30)29-19-12-6-3-8-15(19)16-9-4-7-13-20(16)29/h2-3,5-6,8,10-12,14H,4,7,9,13H2,1H3,(H,25,26,28). The van der Waals surface area contributed by atoms with Crippen molar-refractivity contribution in [3.8, 4) is 0 Å². The van der Waals surface area contributed by atoms with Gasteiger partial charge in [0, 0.05) is 22.0 Å². The van der Waals surface area contributed by atoms with E-state index in [-0.39, 0.29) is 11.2 Å². The second kappa shape index (κ2) is 7.20. The number of H-pyrrole nitrogens is 1. The van der Waals surface area contributed by atoms with E-state index in [0.717, 1.165) is 41.2 Å². The zero-order valence-electron chi connectivity index (χ0n) is 17.1. The largest absolute Gasteiger partial charge is 0.338 e. The quantitative estimate of drug-likeness (QED) is 0.403. The number of nitrogens with zero attached hydrogens (tertiary/aromatic N) is 4. The van der Waals surface area contributed by atoms with Gasteiger partial charge in [0.2, 0.25) is 11.1 Å². The van der Waals surface area contributed by atoms with Crippen molar-refractivity contribution in [3.05, 3.63) is 59.8 Å². The van der Waals surface area contributed by atoms with Crippen LogP contribution in [0.5, 0.6) is 0 Å². The minimum Gasteiger partial charge on any atom is -0.338 e. The maximum absolute atomic E-state index is 13.6. The van der Waals surface area contributed by atoms with Crippen molar-refractivity contribution in [2.45, 2.75) is 43.0 Å². The first kappa shape index (κ1) is 18.6. The molecule has 0 saturated carbocycles. The van der Waals surface area contributed by atoms with Crippen molar-refractivity contribution in [3.63, 3.8) is 0 Å². The molecule has 6 nitrogen and oxygen atoms in total. The van der Waals surface area contributed by atoms with Crippen molar-refractivity contribution in [2.75, 3.05) is 0 Å². The first-order valence-corrected chi connectivity index (χ1v) is 11.5. The molecule has 5 aromatic rings. The van der Waals surface area contributed by atoms with Gasteiger partial charge < -0.3 is 4.98 Å². The lowest BCUT2D eigenvalue weighted by Crippen LogP contribution is -2.24. The number of aromatic nitrogens is 5. The van der Waals surface area contributed by atoms with E-state index in [0.29, 0.717) is 10.8 Å². The van der Waals surface area contributed by atoms with E-state index in [9.17, 15) is 4.79 Å². The Bertz CT molecular complexity index is 1470. The maximum atomic E-state index is 13.6. The van der Waals surface area contributed by atoms with Gasteiger partial charge in [-0.2, -0.15) is 0 Å². The maximum Gasteiger partial charge on any atom is 0.244 e. The number of rotatable bonds is 3. The second-order valence-corrected chi connectivity index (χ2v) is 9.35. The summed E-state index contributed by atoms with van der Waals surface area (Å²) in [5, 5.41) is 11.1. The molecule has 1 aliphatic rings. The molecule has 0 spiro atoms. The van der Waals surface area contributed by atoms with Crippen LogP contribution in [0.1, 0.15) is 35.8 Å². The third kappa shape index (κ3) is 2.95. The van der Waals surface area contributed by atoms with Gasteiger partial charge in [-0.3, -0.25) is 9.36 Å². The van der Waals surface area contributed by atoms with Gasteiger partial charge in [0.25, 0.3) is 0 Å². The number of fused-ring (bicyclic) bond motifs is 6. The number of hydrogen-bond acceptors (Lipinski definition) is 5. The highest BCUT2D eigenvalue weighted by atomic mass is 32.2. The lowest BCUT2D eigenvalue weighted by atomic mass is 9.95. The van der Waals surface area contributed by atoms with Crippen LogP contribution < -0.4 is 0 Å². The molecule has 0 radical (unpaired) electrons. The van der Waals surface area contributed by atoms with Crippen molar-refractivity contribution in [1.82, 2.24) is 24.7 Å². The summed E-state index contributed by atoms with van der Waals surface area (Å²) in [6.45, 7) is 1.93. The highest BCUT2D eigenvalue weighted by Crippen LogP contribution is 2.34. The first-order chi connectivity index (χ1) is 15.2. The summed E-state index contributed by atoms with van der Waals surface area (Å²) in [6, 6.07) is 16.2. The van der Waals surface area contributed by atoms with Gasteiger partial charge in [0.1, 0.15) is 5.52 Å². The molecule has 1 atom stereocenters. The van der Waals surface area contributed by atoms with Crippen molar-refractivity contribution in [2.24, 2.45) is 0 Å². The smallest absolute Gasteiger partial charge is 0.244 e. The van der Waals surface area contributed by atoms with E-state index in [1.54, 1.807) is 0 Å². The van der Waals surface area contributed by atoms with Gasteiger partial charge in [0.05, 0.1) is 10.8 Å². The van der Waals surface area contributed by atoms with Gasteiger partial charge >= 0.3 is 0 Å². The molecular formula is C24H21N5OS. The second-order valence-electron chi connectivity index (χ2n) is 8.05. The van der Waals surface area contributed by atoms with Crippen LogP contribution in [0.15, 0.2) is 53.7 Å². The average Bonchev–Trinajstić information content (AvgIpc) is 3.34. The van der Waals surface area contributed by atoms with E-state index in [4.69, 9.17) is 0 Å². The summed E-state index contributed by atoms with van der Waals surface area (Å²) < 4.78 is 1.94. The molecule has 6 rings (SSSR count). The van der Waals surface area contributed by atoms with Crippen molar-refractivity contribution in [1.29, 1.82) is 0 Å². The molecule has 7 heteroatoms. The Hall–Kier alpha value is -3.19. The summed E-state index contributed by atoms with van der Waals surface area (Å²) in [6.07, 6.45) is 4.31. The number of carbonyl (C=O) groups is 1. The molecule has 3 heterocycles. The number of aryl methyl sites for hydroxylation is 1. The molecule has 0 fully saturated rings. The summed E-state index contributed by atoms with van der Waals surface area (Å²) in [5.41, 5.74) is 5.96. The number of benzene rings is 2. The fourth-order valence-electron chi connectivity index (χ4n) is 4.69. The minimum atomic E-state index is -0.328. The Kier molecular flexibility index (Phi) is 4.31. The average molecular weight is 428 g/mol. The molecule has 3 aromatic heterocycles.